The third-order valence-electron chi connectivity index (χ3n) is 4.45. The highest BCUT2D eigenvalue weighted by Crippen LogP contribution is 2.47. The van der Waals surface area contributed by atoms with Crippen LogP contribution in [0.15, 0.2) is 12.1 Å². The Morgan fingerprint density at radius 3 is 2.89 bits per heavy atom. The molecule has 4 nitrogen and oxygen atoms in total. The molecule has 2 unspecified atom stereocenters. The number of hydrogen-bond acceptors (Lipinski definition) is 3. The molecule has 102 valence electrons. The molecule has 1 aromatic rings. The van der Waals surface area contributed by atoms with Gasteiger partial charge in [0.25, 0.3) is 0 Å². The lowest BCUT2D eigenvalue weighted by molar-refractivity contribution is -0.123. The van der Waals surface area contributed by atoms with E-state index in [0.29, 0.717) is 5.92 Å². The van der Waals surface area contributed by atoms with Crippen molar-refractivity contribution in [3.8, 4) is 5.75 Å². The summed E-state index contributed by atoms with van der Waals surface area (Å²) in [6.07, 6.45) is 1.02. The Labute approximate surface area is 113 Å². The second-order valence-corrected chi connectivity index (χ2v) is 5.45. The maximum absolute atomic E-state index is 12.5. The monoisotopic (exact) mass is 260 g/mol. The van der Waals surface area contributed by atoms with E-state index in [9.17, 15) is 4.79 Å². The van der Waals surface area contributed by atoms with Crippen LogP contribution in [0, 0.1) is 12.8 Å². The van der Waals surface area contributed by atoms with Crippen LogP contribution < -0.4 is 15.0 Å². The summed E-state index contributed by atoms with van der Waals surface area (Å²) in [4.78, 5) is 14.3. The van der Waals surface area contributed by atoms with Crippen molar-refractivity contribution < 1.29 is 9.53 Å². The fraction of sp³-hybridized carbons (Fsp3) is 0.533. The van der Waals surface area contributed by atoms with Crippen molar-refractivity contribution in [3.05, 3.63) is 23.3 Å². The zero-order chi connectivity index (χ0) is 13.6. The predicted octanol–water partition coefficient (Wildman–Crippen LogP) is 1.67. The van der Waals surface area contributed by atoms with E-state index < -0.39 is 0 Å². The van der Waals surface area contributed by atoms with Crippen LogP contribution in [0.25, 0.3) is 0 Å². The lowest BCUT2D eigenvalue weighted by atomic mass is 9.75. The van der Waals surface area contributed by atoms with Crippen molar-refractivity contribution >= 4 is 11.6 Å². The molecule has 2 aliphatic rings. The van der Waals surface area contributed by atoms with Gasteiger partial charge in [0, 0.05) is 19.5 Å². The van der Waals surface area contributed by atoms with Gasteiger partial charge in [-0.1, -0.05) is 6.07 Å². The van der Waals surface area contributed by atoms with Gasteiger partial charge in [-0.15, -0.1) is 0 Å². The van der Waals surface area contributed by atoms with Crippen LogP contribution in [-0.4, -0.2) is 33.2 Å². The quantitative estimate of drug-likeness (QED) is 0.835. The Morgan fingerprint density at radius 1 is 1.37 bits per heavy atom. The highest BCUT2D eigenvalue weighted by Gasteiger charge is 2.42. The zero-order valence-corrected chi connectivity index (χ0v) is 11.7. The van der Waals surface area contributed by atoms with Crippen molar-refractivity contribution in [3.63, 3.8) is 0 Å². The number of benzene rings is 1. The van der Waals surface area contributed by atoms with Crippen LogP contribution >= 0.6 is 0 Å². The first-order valence-corrected chi connectivity index (χ1v) is 6.81. The average Bonchev–Trinajstić information content (AvgIpc) is 2.44. The largest absolute Gasteiger partial charge is 0.495 e. The first-order chi connectivity index (χ1) is 9.15. The van der Waals surface area contributed by atoms with Gasteiger partial charge in [0.1, 0.15) is 5.75 Å². The lowest BCUT2D eigenvalue weighted by Crippen LogP contribution is -2.49. The molecule has 1 saturated heterocycles. The first-order valence-electron chi connectivity index (χ1n) is 6.81. The number of rotatable bonds is 1. The molecule has 2 heterocycles. The predicted molar refractivity (Wildman–Crippen MR) is 74.9 cm³/mol. The molecule has 0 aromatic heterocycles. The third-order valence-corrected chi connectivity index (χ3v) is 4.45. The first kappa shape index (κ1) is 12.5. The Kier molecular flexibility index (Phi) is 2.97. The van der Waals surface area contributed by atoms with Crippen LogP contribution in [0.3, 0.4) is 0 Å². The summed E-state index contributed by atoms with van der Waals surface area (Å²) in [6.45, 7) is 3.89. The summed E-state index contributed by atoms with van der Waals surface area (Å²) >= 11 is 0. The fourth-order valence-corrected chi connectivity index (χ4v) is 3.49. The SMILES string of the molecule is COc1ccc(C)c2c1N(C)C(=O)C1CNCCC21. The number of nitrogens with one attached hydrogen (secondary N) is 1. The normalized spacial score (nSPS) is 25.8. The van der Waals surface area contributed by atoms with E-state index in [4.69, 9.17) is 4.74 Å². The van der Waals surface area contributed by atoms with Crippen molar-refractivity contribution in [2.45, 2.75) is 19.3 Å². The molecule has 0 radical (unpaired) electrons. The number of ether oxygens (including phenoxy) is 1. The molecular formula is C15H20N2O2. The van der Waals surface area contributed by atoms with Gasteiger partial charge in [0.2, 0.25) is 5.91 Å². The van der Waals surface area contributed by atoms with E-state index in [1.807, 2.05) is 13.1 Å². The number of aryl methyl sites for hydroxylation is 1. The van der Waals surface area contributed by atoms with Gasteiger partial charge < -0.3 is 15.0 Å². The molecule has 19 heavy (non-hydrogen) atoms. The summed E-state index contributed by atoms with van der Waals surface area (Å²) in [5.41, 5.74) is 3.52. The Bertz CT molecular complexity index is 527. The lowest BCUT2D eigenvalue weighted by Gasteiger charge is -2.42. The highest BCUT2D eigenvalue weighted by molar-refractivity contribution is 6.00. The molecule has 0 spiro atoms. The van der Waals surface area contributed by atoms with Crippen LogP contribution in [0.1, 0.15) is 23.5 Å². The van der Waals surface area contributed by atoms with Gasteiger partial charge in [-0.2, -0.15) is 0 Å². The van der Waals surface area contributed by atoms with Gasteiger partial charge in [0.05, 0.1) is 18.7 Å². The molecule has 1 fully saturated rings. The van der Waals surface area contributed by atoms with Crippen LogP contribution in [-0.2, 0) is 4.79 Å². The van der Waals surface area contributed by atoms with Crippen LogP contribution in [0.2, 0.25) is 0 Å². The number of carbonyl (C=O) groups excluding carboxylic acids is 1. The topological polar surface area (TPSA) is 41.6 Å². The second kappa shape index (κ2) is 4.53. The molecule has 1 amide bonds. The van der Waals surface area contributed by atoms with Gasteiger partial charge in [0.15, 0.2) is 0 Å². The van der Waals surface area contributed by atoms with Gasteiger partial charge in [-0.05, 0) is 37.1 Å². The summed E-state index contributed by atoms with van der Waals surface area (Å²) in [5.74, 6) is 1.40. The molecule has 2 atom stereocenters. The fourth-order valence-electron chi connectivity index (χ4n) is 3.49. The smallest absolute Gasteiger partial charge is 0.231 e. The van der Waals surface area contributed by atoms with Gasteiger partial charge >= 0.3 is 0 Å². The van der Waals surface area contributed by atoms with Gasteiger partial charge in [-0.3, -0.25) is 4.79 Å². The molecule has 0 bridgehead atoms. The van der Waals surface area contributed by atoms with E-state index in [0.717, 1.165) is 30.9 Å². The maximum Gasteiger partial charge on any atom is 0.231 e. The minimum Gasteiger partial charge on any atom is -0.495 e. The number of piperidine rings is 1. The molecular weight excluding hydrogens is 240 g/mol. The number of hydrogen-bond donors (Lipinski definition) is 1. The molecule has 0 saturated carbocycles. The third kappa shape index (κ3) is 1.74. The Morgan fingerprint density at radius 2 is 2.16 bits per heavy atom. The van der Waals surface area contributed by atoms with Crippen molar-refractivity contribution in [2.75, 3.05) is 32.1 Å². The zero-order valence-electron chi connectivity index (χ0n) is 11.7. The number of anilines is 1. The van der Waals surface area contributed by atoms with E-state index >= 15 is 0 Å². The summed E-state index contributed by atoms with van der Waals surface area (Å²) in [5, 5.41) is 3.34. The molecule has 0 aliphatic carbocycles. The van der Waals surface area contributed by atoms with Gasteiger partial charge in [-0.25, -0.2) is 0 Å². The average molecular weight is 260 g/mol. The highest BCUT2D eigenvalue weighted by atomic mass is 16.5. The molecule has 2 aliphatic heterocycles. The molecule has 1 aromatic carbocycles. The molecule has 4 heteroatoms. The van der Waals surface area contributed by atoms with E-state index in [1.165, 1.54) is 11.1 Å². The van der Waals surface area contributed by atoms with Crippen molar-refractivity contribution in [1.82, 2.24) is 5.32 Å². The van der Waals surface area contributed by atoms with Crippen LogP contribution in [0.4, 0.5) is 5.69 Å². The number of nitrogens with zero attached hydrogens (tertiary/aromatic N) is 1. The molecule has 3 rings (SSSR count). The number of carbonyl (C=O) groups is 1. The number of methoxy groups -OCH3 is 1. The second-order valence-electron chi connectivity index (χ2n) is 5.45. The maximum atomic E-state index is 12.5. The van der Waals surface area contributed by atoms with E-state index in [1.54, 1.807) is 12.0 Å². The van der Waals surface area contributed by atoms with Crippen molar-refractivity contribution in [2.24, 2.45) is 5.92 Å². The van der Waals surface area contributed by atoms with Crippen LogP contribution in [0.5, 0.6) is 5.75 Å². The standard InChI is InChI=1S/C15H20N2O2/c1-9-4-5-12(19-3)14-13(9)10-6-7-16-8-11(10)15(18)17(14)2/h4-5,10-11,16H,6-8H2,1-3H3. The van der Waals surface area contributed by atoms with E-state index in [2.05, 4.69) is 18.3 Å². The van der Waals surface area contributed by atoms with E-state index in [-0.39, 0.29) is 11.8 Å². The summed E-state index contributed by atoms with van der Waals surface area (Å²) in [6, 6.07) is 4.06. The Balaban J connectivity index is 2.21. The summed E-state index contributed by atoms with van der Waals surface area (Å²) in [7, 11) is 3.52. The summed E-state index contributed by atoms with van der Waals surface area (Å²) < 4.78 is 5.46. The Hall–Kier alpha value is -1.55. The minimum absolute atomic E-state index is 0.0667. The number of fused-ring (bicyclic) bond motifs is 3. The minimum atomic E-state index is 0.0667. The number of amides is 1. The van der Waals surface area contributed by atoms with Crippen molar-refractivity contribution in [1.29, 1.82) is 0 Å². The molecule has 1 N–H and O–H groups in total.